The van der Waals surface area contributed by atoms with E-state index in [-0.39, 0.29) is 12.0 Å². The first-order chi connectivity index (χ1) is 6.07. The third-order valence-electron chi connectivity index (χ3n) is 1.57. The molecule has 0 amide bonds. The molecule has 0 unspecified atom stereocenters. The van der Waals surface area contributed by atoms with Gasteiger partial charge in [-0.15, -0.1) is 0 Å². The van der Waals surface area contributed by atoms with Gasteiger partial charge < -0.3 is 0 Å². The molecule has 0 N–H and O–H groups in total. The van der Waals surface area contributed by atoms with Gasteiger partial charge in [-0.3, -0.25) is 0 Å². The van der Waals surface area contributed by atoms with Gasteiger partial charge in [-0.05, 0) is 18.1 Å². The highest BCUT2D eigenvalue weighted by molar-refractivity contribution is 6.08. The van der Waals surface area contributed by atoms with Crippen LogP contribution in [-0.2, 0) is 6.42 Å². The second-order valence-electron chi connectivity index (χ2n) is 2.46. The van der Waals surface area contributed by atoms with Crippen molar-refractivity contribution in [2.24, 2.45) is 0 Å². The third-order valence-corrected chi connectivity index (χ3v) is 1.82. The highest BCUT2D eigenvalue weighted by Crippen LogP contribution is 2.19. The molecule has 1 aromatic carbocycles. The van der Waals surface area contributed by atoms with E-state index in [0.29, 0.717) is 12.1 Å². The first kappa shape index (κ1) is 10.2. The maximum Gasteiger partial charge on any atom is 0.197 e. The number of benzene rings is 1. The zero-order chi connectivity index (χ0) is 10.0. The zero-order valence-corrected chi connectivity index (χ0v) is 7.50. The van der Waals surface area contributed by atoms with Gasteiger partial charge >= 0.3 is 0 Å². The molecule has 0 bridgehead atoms. The van der Waals surface area contributed by atoms with Crippen LogP contribution in [0.5, 0.6) is 0 Å². The fourth-order valence-electron chi connectivity index (χ4n) is 0.938. The van der Waals surface area contributed by atoms with Crippen molar-refractivity contribution in [1.82, 2.24) is 0 Å². The zero-order valence-electron chi connectivity index (χ0n) is 6.50. The predicted octanol–water partition coefficient (Wildman–Crippen LogP) is 2.37. The van der Waals surface area contributed by atoms with E-state index in [1.165, 1.54) is 0 Å². The van der Waals surface area contributed by atoms with E-state index in [4.69, 9.17) is 0 Å². The molecule has 0 saturated heterocycles. The van der Waals surface area contributed by atoms with Gasteiger partial charge in [0.15, 0.2) is 23.3 Å². The highest BCUT2D eigenvalue weighted by atomic mass is 28.1. The molecule has 0 atom stereocenters. The van der Waals surface area contributed by atoms with Crippen molar-refractivity contribution in [1.29, 1.82) is 0 Å². The molecule has 0 aliphatic carbocycles. The Labute approximate surface area is 76.0 Å². The lowest BCUT2D eigenvalue weighted by Crippen LogP contribution is -2.01. The van der Waals surface area contributed by atoms with E-state index in [1.807, 2.05) is 0 Å². The molecule has 5 heteroatoms. The number of hydrogen-bond donors (Lipinski definition) is 0. The lowest BCUT2D eigenvalue weighted by Gasteiger charge is -2.03. The van der Waals surface area contributed by atoms with Gasteiger partial charge in [0, 0.05) is 10.2 Å². The fourth-order valence-corrected chi connectivity index (χ4v) is 1.21. The van der Waals surface area contributed by atoms with Crippen LogP contribution in [0.1, 0.15) is 5.56 Å². The van der Waals surface area contributed by atoms with Crippen molar-refractivity contribution in [3.63, 3.8) is 0 Å². The standard InChI is InChI=1S/C8H5F4Si/c9-5-3-4(1-2-13)6(10)8(12)7(5)11/h3H,1-2H2. The summed E-state index contributed by atoms with van der Waals surface area (Å²) in [6.07, 6.45) is 0.108. The van der Waals surface area contributed by atoms with Crippen LogP contribution in [-0.4, -0.2) is 10.2 Å². The van der Waals surface area contributed by atoms with E-state index in [2.05, 4.69) is 10.2 Å². The van der Waals surface area contributed by atoms with Gasteiger partial charge in [0.1, 0.15) is 0 Å². The summed E-state index contributed by atoms with van der Waals surface area (Å²) in [6, 6.07) is 1.01. The summed E-state index contributed by atoms with van der Waals surface area (Å²) in [5, 5.41) is 0. The molecule has 0 nitrogen and oxygen atoms in total. The third kappa shape index (κ3) is 1.91. The SMILES string of the molecule is Fc1cc(CC[Si])c(F)c(F)c1F. The van der Waals surface area contributed by atoms with Crippen molar-refractivity contribution in [2.45, 2.75) is 12.5 Å². The van der Waals surface area contributed by atoms with E-state index < -0.39 is 23.3 Å². The summed E-state index contributed by atoms with van der Waals surface area (Å²) >= 11 is 0. The smallest absolute Gasteiger partial charge is 0.197 e. The average molecular weight is 205 g/mol. The molecule has 0 aliphatic heterocycles. The average Bonchev–Trinajstić information content (AvgIpc) is 2.11. The number of hydrogen-bond acceptors (Lipinski definition) is 0. The molecule has 3 radical (unpaired) electrons. The molecule has 0 aromatic heterocycles. The second-order valence-corrected chi connectivity index (χ2v) is 2.96. The van der Waals surface area contributed by atoms with Gasteiger partial charge in [0.2, 0.25) is 0 Å². The van der Waals surface area contributed by atoms with Crippen LogP contribution in [0.3, 0.4) is 0 Å². The van der Waals surface area contributed by atoms with Gasteiger partial charge in [0.25, 0.3) is 0 Å². The van der Waals surface area contributed by atoms with Crippen LogP contribution in [0, 0.1) is 23.3 Å². The first-order valence-electron chi connectivity index (χ1n) is 3.54. The summed E-state index contributed by atoms with van der Waals surface area (Å²) < 4.78 is 50.4. The number of aryl methyl sites for hydroxylation is 1. The lowest BCUT2D eigenvalue weighted by atomic mass is 10.1. The van der Waals surface area contributed by atoms with Crippen LogP contribution in [0.25, 0.3) is 0 Å². The molecule has 13 heavy (non-hydrogen) atoms. The van der Waals surface area contributed by atoms with E-state index >= 15 is 0 Å². The van der Waals surface area contributed by atoms with Crippen LogP contribution < -0.4 is 0 Å². The maximum absolute atomic E-state index is 12.8. The molecule has 0 fully saturated rings. The lowest BCUT2D eigenvalue weighted by molar-refractivity contribution is 0.404. The summed E-state index contributed by atoms with van der Waals surface area (Å²) in [4.78, 5) is 0. The molecular weight excluding hydrogens is 200 g/mol. The van der Waals surface area contributed by atoms with Gasteiger partial charge in [-0.1, -0.05) is 6.04 Å². The van der Waals surface area contributed by atoms with Gasteiger partial charge in [-0.25, -0.2) is 17.6 Å². The van der Waals surface area contributed by atoms with Crippen molar-refractivity contribution in [2.75, 3.05) is 0 Å². The van der Waals surface area contributed by atoms with Crippen LogP contribution >= 0.6 is 0 Å². The largest absolute Gasteiger partial charge is 0.204 e. The highest BCUT2D eigenvalue weighted by Gasteiger charge is 2.17. The van der Waals surface area contributed by atoms with E-state index in [1.54, 1.807) is 0 Å². The molecule has 1 rings (SSSR count). The Morgan fingerprint density at radius 2 is 1.62 bits per heavy atom. The Morgan fingerprint density at radius 1 is 1.00 bits per heavy atom. The quantitative estimate of drug-likeness (QED) is 0.301. The molecule has 0 aliphatic rings. The van der Waals surface area contributed by atoms with E-state index in [0.717, 1.165) is 0 Å². The van der Waals surface area contributed by atoms with Crippen LogP contribution in [0.4, 0.5) is 17.6 Å². The Hall–Kier alpha value is -0.843. The monoisotopic (exact) mass is 205 g/mol. The normalized spacial score (nSPS) is 10.5. The van der Waals surface area contributed by atoms with Crippen molar-refractivity contribution >= 4 is 10.2 Å². The Balaban J connectivity index is 3.24. The topological polar surface area (TPSA) is 0 Å². The Kier molecular flexibility index (Phi) is 3.08. The Bertz CT molecular complexity index is 324. The van der Waals surface area contributed by atoms with Gasteiger partial charge in [0.05, 0.1) is 0 Å². The minimum atomic E-state index is -1.77. The molecular formula is C8H5F4Si. The predicted molar refractivity (Wildman–Crippen MR) is 40.5 cm³/mol. The molecule has 0 saturated carbocycles. The minimum absolute atomic E-state index is 0.108. The van der Waals surface area contributed by atoms with E-state index in [9.17, 15) is 17.6 Å². The van der Waals surface area contributed by atoms with Crippen LogP contribution in [0.15, 0.2) is 6.07 Å². The van der Waals surface area contributed by atoms with Crippen molar-refractivity contribution in [3.05, 3.63) is 34.9 Å². The first-order valence-corrected chi connectivity index (χ1v) is 4.25. The van der Waals surface area contributed by atoms with Crippen molar-refractivity contribution < 1.29 is 17.6 Å². The molecule has 1 aromatic rings. The fraction of sp³-hybridized carbons (Fsp3) is 0.250. The number of rotatable bonds is 2. The molecule has 0 spiro atoms. The minimum Gasteiger partial charge on any atom is -0.204 e. The molecule has 69 valence electrons. The number of halogens is 4. The summed E-state index contributed by atoms with van der Waals surface area (Å²) in [7, 11) is 3.03. The van der Waals surface area contributed by atoms with Crippen LogP contribution in [0.2, 0.25) is 6.04 Å². The Morgan fingerprint density at radius 3 is 2.15 bits per heavy atom. The molecule has 0 heterocycles. The summed E-state index contributed by atoms with van der Waals surface area (Å²) in [5.41, 5.74) is -0.175. The van der Waals surface area contributed by atoms with Crippen molar-refractivity contribution in [3.8, 4) is 0 Å². The summed E-state index contributed by atoms with van der Waals surface area (Å²) in [5.74, 6) is -6.21. The summed E-state index contributed by atoms with van der Waals surface area (Å²) in [6.45, 7) is 0. The maximum atomic E-state index is 12.8. The van der Waals surface area contributed by atoms with Gasteiger partial charge in [-0.2, -0.15) is 0 Å². The second kappa shape index (κ2) is 3.91.